The molecule has 3 heterocycles. The molecule has 0 aliphatic carbocycles. The molecule has 0 amide bonds. The fraction of sp³-hybridized carbons (Fsp3) is 0.625. The Balaban J connectivity index is 1.74. The van der Waals surface area contributed by atoms with Crippen molar-refractivity contribution in [1.29, 1.82) is 0 Å². The zero-order chi connectivity index (χ0) is 15.7. The molecule has 120 valence electrons. The minimum absolute atomic E-state index is 0.517. The van der Waals surface area contributed by atoms with Gasteiger partial charge in [-0.3, -0.25) is 14.3 Å². The molecule has 0 saturated carbocycles. The Hall–Kier alpha value is -1.33. The molecule has 0 N–H and O–H groups in total. The SMILES string of the molecule is Cc1cnn(C[C@H]2CCCCN2Cc2c(C)nn(C)c2Cl)c1. The maximum absolute atomic E-state index is 6.40. The van der Waals surface area contributed by atoms with Crippen molar-refractivity contribution in [3.63, 3.8) is 0 Å². The maximum atomic E-state index is 6.40. The van der Waals surface area contributed by atoms with E-state index in [2.05, 4.69) is 32.9 Å². The molecule has 0 spiro atoms. The van der Waals surface area contributed by atoms with E-state index in [0.717, 1.165) is 36.0 Å². The normalized spacial score (nSPS) is 19.7. The van der Waals surface area contributed by atoms with Gasteiger partial charge in [0.25, 0.3) is 0 Å². The van der Waals surface area contributed by atoms with Crippen LogP contribution in [0.5, 0.6) is 0 Å². The Kier molecular flexibility index (Phi) is 4.54. The number of aromatic nitrogens is 4. The van der Waals surface area contributed by atoms with Crippen LogP contribution in [0.1, 0.15) is 36.1 Å². The number of nitrogens with zero attached hydrogens (tertiary/aromatic N) is 5. The molecule has 1 saturated heterocycles. The molecule has 3 rings (SSSR count). The van der Waals surface area contributed by atoms with E-state index in [1.54, 1.807) is 4.68 Å². The first kappa shape index (κ1) is 15.6. The van der Waals surface area contributed by atoms with Crippen molar-refractivity contribution in [1.82, 2.24) is 24.5 Å². The Labute approximate surface area is 136 Å². The first-order valence-corrected chi connectivity index (χ1v) is 8.33. The first-order valence-electron chi connectivity index (χ1n) is 7.95. The van der Waals surface area contributed by atoms with E-state index in [-0.39, 0.29) is 0 Å². The molecule has 1 fully saturated rings. The van der Waals surface area contributed by atoms with Crippen LogP contribution in [0.2, 0.25) is 5.15 Å². The van der Waals surface area contributed by atoms with Gasteiger partial charge in [-0.15, -0.1) is 0 Å². The van der Waals surface area contributed by atoms with Gasteiger partial charge in [-0.2, -0.15) is 10.2 Å². The molecule has 1 atom stereocenters. The van der Waals surface area contributed by atoms with Crippen molar-refractivity contribution in [2.24, 2.45) is 7.05 Å². The zero-order valence-electron chi connectivity index (χ0n) is 13.6. The third-order valence-electron chi connectivity index (χ3n) is 4.54. The van der Waals surface area contributed by atoms with E-state index in [1.165, 1.54) is 24.8 Å². The summed E-state index contributed by atoms with van der Waals surface area (Å²) < 4.78 is 3.83. The summed E-state index contributed by atoms with van der Waals surface area (Å²) >= 11 is 6.40. The highest BCUT2D eigenvalue weighted by Gasteiger charge is 2.25. The van der Waals surface area contributed by atoms with Crippen LogP contribution in [-0.4, -0.2) is 37.0 Å². The average Bonchev–Trinajstić information content (AvgIpc) is 2.99. The highest BCUT2D eigenvalue weighted by Crippen LogP contribution is 2.25. The second-order valence-electron chi connectivity index (χ2n) is 6.34. The smallest absolute Gasteiger partial charge is 0.131 e. The third kappa shape index (κ3) is 3.20. The highest BCUT2D eigenvalue weighted by molar-refractivity contribution is 6.30. The molecule has 0 aromatic carbocycles. The van der Waals surface area contributed by atoms with Crippen molar-refractivity contribution >= 4 is 11.6 Å². The van der Waals surface area contributed by atoms with Gasteiger partial charge in [0.1, 0.15) is 5.15 Å². The zero-order valence-corrected chi connectivity index (χ0v) is 14.3. The first-order chi connectivity index (χ1) is 10.5. The Bertz CT molecular complexity index is 645. The van der Waals surface area contributed by atoms with Gasteiger partial charge in [0.15, 0.2) is 0 Å². The molecule has 0 unspecified atom stereocenters. The van der Waals surface area contributed by atoms with Crippen LogP contribution in [-0.2, 0) is 20.1 Å². The van der Waals surface area contributed by atoms with Crippen LogP contribution in [0, 0.1) is 13.8 Å². The van der Waals surface area contributed by atoms with Crippen LogP contribution in [0.25, 0.3) is 0 Å². The molecule has 0 bridgehead atoms. The molecule has 1 aliphatic heterocycles. The Morgan fingerprint density at radius 1 is 1.32 bits per heavy atom. The van der Waals surface area contributed by atoms with E-state index in [4.69, 9.17) is 11.6 Å². The largest absolute Gasteiger partial charge is 0.294 e. The summed E-state index contributed by atoms with van der Waals surface area (Å²) in [5.74, 6) is 0. The number of likely N-dealkylation sites (tertiary alicyclic amines) is 1. The molecule has 22 heavy (non-hydrogen) atoms. The summed E-state index contributed by atoms with van der Waals surface area (Å²) in [4.78, 5) is 2.54. The monoisotopic (exact) mass is 321 g/mol. The minimum atomic E-state index is 0.517. The van der Waals surface area contributed by atoms with E-state index in [9.17, 15) is 0 Å². The van der Waals surface area contributed by atoms with Crippen molar-refractivity contribution in [3.8, 4) is 0 Å². The average molecular weight is 322 g/mol. The molecule has 5 nitrogen and oxygen atoms in total. The van der Waals surface area contributed by atoms with Crippen LogP contribution in [0.3, 0.4) is 0 Å². The fourth-order valence-electron chi connectivity index (χ4n) is 3.31. The lowest BCUT2D eigenvalue weighted by atomic mass is 10.0. The van der Waals surface area contributed by atoms with Crippen molar-refractivity contribution in [2.75, 3.05) is 6.54 Å². The van der Waals surface area contributed by atoms with Crippen LogP contribution < -0.4 is 0 Å². The molecular formula is C16H24ClN5. The van der Waals surface area contributed by atoms with Gasteiger partial charge in [-0.1, -0.05) is 18.0 Å². The summed E-state index contributed by atoms with van der Waals surface area (Å²) in [6.07, 6.45) is 7.81. The van der Waals surface area contributed by atoms with E-state index in [1.807, 2.05) is 20.2 Å². The second kappa shape index (κ2) is 6.42. The number of piperidine rings is 1. The van der Waals surface area contributed by atoms with Gasteiger partial charge in [0.2, 0.25) is 0 Å². The summed E-state index contributed by atoms with van der Waals surface area (Å²) in [7, 11) is 1.90. The Morgan fingerprint density at radius 3 is 2.77 bits per heavy atom. The quantitative estimate of drug-likeness (QED) is 0.869. The third-order valence-corrected chi connectivity index (χ3v) is 5.01. The number of hydrogen-bond acceptors (Lipinski definition) is 3. The minimum Gasteiger partial charge on any atom is -0.294 e. The number of aryl methyl sites for hydroxylation is 3. The van der Waals surface area contributed by atoms with Gasteiger partial charge in [0.05, 0.1) is 18.4 Å². The van der Waals surface area contributed by atoms with Gasteiger partial charge in [-0.25, -0.2) is 0 Å². The summed E-state index contributed by atoms with van der Waals surface area (Å²) in [6, 6.07) is 0.517. The lowest BCUT2D eigenvalue weighted by molar-refractivity contribution is 0.121. The Morgan fingerprint density at radius 2 is 2.14 bits per heavy atom. The lowest BCUT2D eigenvalue weighted by Crippen LogP contribution is -2.41. The maximum Gasteiger partial charge on any atom is 0.131 e. The summed E-state index contributed by atoms with van der Waals surface area (Å²) in [6.45, 7) is 7.07. The number of halogens is 1. The van der Waals surface area contributed by atoms with Gasteiger partial charge < -0.3 is 0 Å². The number of hydrogen-bond donors (Lipinski definition) is 0. The van der Waals surface area contributed by atoms with Gasteiger partial charge in [-0.05, 0) is 38.8 Å². The van der Waals surface area contributed by atoms with Crippen LogP contribution in [0.4, 0.5) is 0 Å². The molecule has 2 aromatic rings. The molecular weight excluding hydrogens is 298 g/mol. The lowest BCUT2D eigenvalue weighted by Gasteiger charge is -2.35. The van der Waals surface area contributed by atoms with Gasteiger partial charge in [0, 0.05) is 31.4 Å². The van der Waals surface area contributed by atoms with E-state index < -0.39 is 0 Å². The molecule has 0 radical (unpaired) electrons. The predicted molar refractivity (Wildman–Crippen MR) is 88.0 cm³/mol. The van der Waals surface area contributed by atoms with Crippen molar-refractivity contribution in [3.05, 3.63) is 34.4 Å². The fourth-order valence-corrected chi connectivity index (χ4v) is 3.55. The second-order valence-corrected chi connectivity index (χ2v) is 6.70. The summed E-state index contributed by atoms with van der Waals surface area (Å²) in [5.41, 5.74) is 3.41. The van der Waals surface area contributed by atoms with E-state index in [0.29, 0.717) is 6.04 Å². The van der Waals surface area contributed by atoms with E-state index >= 15 is 0 Å². The molecule has 2 aromatic heterocycles. The highest BCUT2D eigenvalue weighted by atomic mass is 35.5. The molecule has 6 heteroatoms. The predicted octanol–water partition coefficient (Wildman–Crippen LogP) is 2.94. The van der Waals surface area contributed by atoms with Crippen molar-refractivity contribution in [2.45, 2.75) is 52.2 Å². The van der Waals surface area contributed by atoms with Crippen molar-refractivity contribution < 1.29 is 0 Å². The van der Waals surface area contributed by atoms with Crippen LogP contribution >= 0.6 is 11.6 Å². The van der Waals surface area contributed by atoms with Gasteiger partial charge >= 0.3 is 0 Å². The van der Waals surface area contributed by atoms with Crippen LogP contribution in [0.15, 0.2) is 12.4 Å². The molecule has 1 aliphatic rings. The topological polar surface area (TPSA) is 38.9 Å². The number of rotatable bonds is 4. The summed E-state index contributed by atoms with van der Waals surface area (Å²) in [5, 5.41) is 9.63. The standard InChI is InChI=1S/C16H24ClN5/c1-12-8-18-22(9-12)10-14-6-4-5-7-21(14)11-15-13(2)19-20(3)16(15)17/h8-9,14H,4-7,10-11H2,1-3H3/t14-/m1/s1.